The van der Waals surface area contributed by atoms with Crippen molar-refractivity contribution in [3.05, 3.63) is 51.7 Å². The second kappa shape index (κ2) is 6.08. The van der Waals surface area contributed by atoms with Gasteiger partial charge in [0.2, 0.25) is 0 Å². The van der Waals surface area contributed by atoms with Gasteiger partial charge in [-0.2, -0.15) is 10.5 Å². The molecule has 102 valence electrons. The monoisotopic (exact) mass is 342 g/mol. The number of aromatic carboxylic acids is 1. The van der Waals surface area contributed by atoms with E-state index in [0.29, 0.717) is 21.6 Å². The average molecular weight is 343 g/mol. The predicted octanol–water partition coefficient (Wildman–Crippen LogP) is 3.84. The Morgan fingerprint density at radius 2 is 1.95 bits per heavy atom. The minimum atomic E-state index is -1.07. The van der Waals surface area contributed by atoms with Crippen molar-refractivity contribution in [2.45, 2.75) is 0 Å². The van der Waals surface area contributed by atoms with E-state index in [1.807, 2.05) is 0 Å². The third-order valence-corrected chi connectivity index (χ3v) is 3.13. The lowest BCUT2D eigenvalue weighted by Crippen LogP contribution is -1.98. The summed E-state index contributed by atoms with van der Waals surface area (Å²) in [6.07, 6.45) is 1.29. The second-order valence-electron chi connectivity index (χ2n) is 3.98. The molecular weight excluding hydrogens is 336 g/mol. The average Bonchev–Trinajstić information content (AvgIpc) is 2.93. The van der Waals surface area contributed by atoms with Crippen molar-refractivity contribution in [1.29, 1.82) is 10.5 Å². The van der Waals surface area contributed by atoms with Crippen molar-refractivity contribution in [2.75, 3.05) is 0 Å². The quantitative estimate of drug-likeness (QED) is 0.854. The van der Waals surface area contributed by atoms with E-state index in [2.05, 4.69) is 15.9 Å². The first kappa shape index (κ1) is 14.6. The van der Waals surface area contributed by atoms with Crippen LogP contribution in [0.1, 0.15) is 16.1 Å². The first-order valence-electron chi connectivity index (χ1n) is 5.70. The molecule has 21 heavy (non-hydrogen) atoms. The molecule has 0 radical (unpaired) electrons. The van der Waals surface area contributed by atoms with Gasteiger partial charge in [-0.25, -0.2) is 4.79 Å². The maximum atomic E-state index is 11.3. The highest BCUT2D eigenvalue weighted by Gasteiger charge is 2.15. The number of allylic oxidation sites excluding steroid dienone is 1. The molecule has 1 N–H and O–H groups in total. The Morgan fingerprint density at radius 1 is 1.24 bits per heavy atom. The van der Waals surface area contributed by atoms with E-state index in [-0.39, 0.29) is 11.1 Å². The van der Waals surface area contributed by atoms with Crippen molar-refractivity contribution >= 4 is 28.0 Å². The van der Waals surface area contributed by atoms with Crippen LogP contribution in [0.2, 0.25) is 0 Å². The molecule has 0 aliphatic heterocycles. The van der Waals surface area contributed by atoms with E-state index < -0.39 is 5.97 Å². The van der Waals surface area contributed by atoms with Crippen LogP contribution in [0.5, 0.6) is 0 Å². The van der Waals surface area contributed by atoms with Crippen molar-refractivity contribution < 1.29 is 14.3 Å². The first-order valence-corrected chi connectivity index (χ1v) is 6.49. The number of nitriles is 2. The van der Waals surface area contributed by atoms with Crippen LogP contribution >= 0.6 is 15.9 Å². The van der Waals surface area contributed by atoms with Crippen molar-refractivity contribution in [3.63, 3.8) is 0 Å². The summed E-state index contributed by atoms with van der Waals surface area (Å²) >= 11 is 3.22. The zero-order valence-corrected chi connectivity index (χ0v) is 12.1. The molecule has 0 bridgehead atoms. The summed E-state index contributed by atoms with van der Waals surface area (Å²) in [7, 11) is 0. The summed E-state index contributed by atoms with van der Waals surface area (Å²) in [4.78, 5) is 11.3. The van der Waals surface area contributed by atoms with Crippen LogP contribution in [-0.4, -0.2) is 11.1 Å². The normalized spacial score (nSPS) is 9.48. The Hall–Kier alpha value is -2.83. The van der Waals surface area contributed by atoms with Crippen LogP contribution in [0.4, 0.5) is 0 Å². The second-order valence-corrected chi connectivity index (χ2v) is 4.89. The number of benzene rings is 1. The van der Waals surface area contributed by atoms with E-state index in [9.17, 15) is 9.90 Å². The predicted molar refractivity (Wildman–Crippen MR) is 78.0 cm³/mol. The van der Waals surface area contributed by atoms with Crippen LogP contribution in [0.25, 0.3) is 17.4 Å². The van der Waals surface area contributed by atoms with E-state index in [4.69, 9.17) is 14.9 Å². The highest BCUT2D eigenvalue weighted by Crippen LogP contribution is 2.29. The van der Waals surface area contributed by atoms with Gasteiger partial charge in [0.05, 0.1) is 5.56 Å². The molecule has 1 heterocycles. The molecule has 0 aliphatic rings. The van der Waals surface area contributed by atoms with Crippen LogP contribution in [-0.2, 0) is 0 Å². The third-order valence-electron chi connectivity index (χ3n) is 2.63. The number of hydrogen-bond acceptors (Lipinski definition) is 4. The van der Waals surface area contributed by atoms with Gasteiger partial charge in [-0.05, 0) is 30.3 Å². The number of hydrogen-bond donors (Lipinski definition) is 1. The minimum absolute atomic E-state index is 0.0924. The van der Waals surface area contributed by atoms with Gasteiger partial charge in [0.1, 0.15) is 29.2 Å². The number of halogens is 1. The number of rotatable bonds is 3. The zero-order valence-electron chi connectivity index (χ0n) is 10.5. The van der Waals surface area contributed by atoms with Gasteiger partial charge in [-0.1, -0.05) is 15.9 Å². The molecule has 5 nitrogen and oxygen atoms in total. The van der Waals surface area contributed by atoms with E-state index in [0.717, 1.165) is 0 Å². The first-order chi connectivity index (χ1) is 10.0. The maximum absolute atomic E-state index is 11.3. The maximum Gasteiger partial charge on any atom is 0.336 e. The summed E-state index contributed by atoms with van der Waals surface area (Å²) in [6.45, 7) is 0. The minimum Gasteiger partial charge on any atom is -0.478 e. The van der Waals surface area contributed by atoms with Crippen LogP contribution < -0.4 is 0 Å². The van der Waals surface area contributed by atoms with E-state index in [1.54, 1.807) is 36.4 Å². The highest BCUT2D eigenvalue weighted by molar-refractivity contribution is 9.10. The topological polar surface area (TPSA) is 98.0 Å². The van der Waals surface area contributed by atoms with Gasteiger partial charge in [-0.15, -0.1) is 0 Å². The van der Waals surface area contributed by atoms with Crippen molar-refractivity contribution in [1.82, 2.24) is 0 Å². The molecule has 0 amide bonds. The summed E-state index contributed by atoms with van der Waals surface area (Å²) in [5.74, 6) is -0.418. The fourth-order valence-electron chi connectivity index (χ4n) is 1.72. The SMILES string of the molecule is N#CC(C#N)=Cc1ccc(-c2ccc(Br)cc2C(=O)O)o1. The largest absolute Gasteiger partial charge is 0.478 e. The molecule has 0 atom stereocenters. The molecular formula is C15H7BrN2O3. The van der Waals surface area contributed by atoms with Crippen molar-refractivity contribution in [3.8, 4) is 23.5 Å². The molecule has 2 rings (SSSR count). The molecule has 2 aromatic rings. The molecule has 0 fully saturated rings. The Kier molecular flexibility index (Phi) is 4.22. The summed E-state index contributed by atoms with van der Waals surface area (Å²) in [6, 6.07) is 11.4. The number of carboxylic acids is 1. The molecule has 0 unspecified atom stereocenters. The van der Waals surface area contributed by atoms with Gasteiger partial charge in [0, 0.05) is 16.1 Å². The zero-order chi connectivity index (χ0) is 15.4. The van der Waals surface area contributed by atoms with Gasteiger partial charge in [0.15, 0.2) is 0 Å². The van der Waals surface area contributed by atoms with Gasteiger partial charge in [0.25, 0.3) is 0 Å². The summed E-state index contributed by atoms with van der Waals surface area (Å²) < 4.78 is 6.12. The molecule has 1 aromatic carbocycles. The molecule has 0 spiro atoms. The number of furan rings is 1. The molecule has 0 saturated carbocycles. The lowest BCUT2D eigenvalue weighted by molar-refractivity contribution is 0.0697. The number of carbonyl (C=O) groups is 1. The smallest absolute Gasteiger partial charge is 0.336 e. The number of nitrogens with zero attached hydrogens (tertiary/aromatic N) is 2. The van der Waals surface area contributed by atoms with Gasteiger partial charge in [-0.3, -0.25) is 0 Å². The van der Waals surface area contributed by atoms with Crippen molar-refractivity contribution in [2.24, 2.45) is 0 Å². The standard InChI is InChI=1S/C15H7BrN2O3/c16-10-1-3-12(13(6-10)15(19)20)14-4-2-11(21-14)5-9(7-17)8-18/h1-6H,(H,19,20). The Morgan fingerprint density at radius 3 is 2.57 bits per heavy atom. The summed E-state index contributed by atoms with van der Waals surface area (Å²) in [5, 5.41) is 26.6. The fraction of sp³-hybridized carbons (Fsp3) is 0. The van der Waals surface area contributed by atoms with Gasteiger partial charge < -0.3 is 9.52 Å². The van der Waals surface area contributed by atoms with E-state index >= 15 is 0 Å². The molecule has 6 heteroatoms. The summed E-state index contributed by atoms with van der Waals surface area (Å²) in [5.41, 5.74) is 0.418. The Balaban J connectivity index is 2.49. The Bertz CT molecular complexity index is 806. The Labute approximate surface area is 128 Å². The molecule has 0 saturated heterocycles. The van der Waals surface area contributed by atoms with Crippen LogP contribution in [0.15, 0.2) is 44.8 Å². The molecule has 1 aromatic heterocycles. The number of carboxylic acid groups (broad SMARTS) is 1. The van der Waals surface area contributed by atoms with Crippen LogP contribution in [0.3, 0.4) is 0 Å². The lowest BCUT2D eigenvalue weighted by Gasteiger charge is -2.03. The van der Waals surface area contributed by atoms with Gasteiger partial charge >= 0.3 is 5.97 Å². The highest BCUT2D eigenvalue weighted by atomic mass is 79.9. The fourth-order valence-corrected chi connectivity index (χ4v) is 2.08. The van der Waals surface area contributed by atoms with Crippen LogP contribution in [0, 0.1) is 22.7 Å². The lowest BCUT2D eigenvalue weighted by atomic mass is 10.1. The third kappa shape index (κ3) is 3.19. The molecule has 0 aliphatic carbocycles. The van der Waals surface area contributed by atoms with E-state index in [1.165, 1.54) is 12.1 Å².